The average Bonchev–Trinajstić information content (AvgIpc) is 2.63. The van der Waals surface area contributed by atoms with Crippen LogP contribution in [0.25, 0.3) is 0 Å². The van der Waals surface area contributed by atoms with Gasteiger partial charge in [0.2, 0.25) is 0 Å². The summed E-state index contributed by atoms with van der Waals surface area (Å²) in [5, 5.41) is 12.5. The second kappa shape index (κ2) is 6.38. The predicted molar refractivity (Wildman–Crippen MR) is 99.9 cm³/mol. The normalized spacial score (nSPS) is 15.9. The van der Waals surface area contributed by atoms with E-state index in [1.165, 1.54) is 11.6 Å². The standard InChI is InChI=1S/C17H16BrN5O3/c1-22-15-13(16(24)23(2)17(22)25)12(9(7-19)14(20)21-15)8-4-5-11(26-3)10(18)6-8/h4-6,12,21H,20H2,1-3H3/t12-/m1/s1. The van der Waals surface area contributed by atoms with Crippen LogP contribution in [0.5, 0.6) is 5.75 Å². The van der Waals surface area contributed by atoms with Crippen molar-refractivity contribution in [3.8, 4) is 11.8 Å². The van der Waals surface area contributed by atoms with Crippen molar-refractivity contribution in [3.63, 3.8) is 0 Å². The first-order valence-electron chi connectivity index (χ1n) is 7.61. The first-order chi connectivity index (χ1) is 12.3. The van der Waals surface area contributed by atoms with Crippen LogP contribution >= 0.6 is 15.9 Å². The summed E-state index contributed by atoms with van der Waals surface area (Å²) >= 11 is 3.42. The van der Waals surface area contributed by atoms with Gasteiger partial charge in [-0.15, -0.1) is 0 Å². The van der Waals surface area contributed by atoms with E-state index in [0.29, 0.717) is 15.8 Å². The maximum absolute atomic E-state index is 12.8. The van der Waals surface area contributed by atoms with E-state index >= 15 is 0 Å². The Balaban J connectivity index is 2.39. The summed E-state index contributed by atoms with van der Waals surface area (Å²) in [6, 6.07) is 7.35. The molecule has 0 spiro atoms. The zero-order chi connectivity index (χ0) is 19.2. The van der Waals surface area contributed by atoms with Crippen LogP contribution in [-0.2, 0) is 14.1 Å². The number of nitriles is 1. The van der Waals surface area contributed by atoms with Gasteiger partial charge in [0, 0.05) is 14.1 Å². The number of anilines is 1. The van der Waals surface area contributed by atoms with Gasteiger partial charge in [0.15, 0.2) is 0 Å². The molecule has 9 heteroatoms. The summed E-state index contributed by atoms with van der Waals surface area (Å²) < 4.78 is 8.24. The maximum Gasteiger partial charge on any atom is 0.332 e. The lowest BCUT2D eigenvalue weighted by molar-refractivity contribution is 0.412. The third-order valence-electron chi connectivity index (χ3n) is 4.45. The molecule has 0 unspecified atom stereocenters. The summed E-state index contributed by atoms with van der Waals surface area (Å²) in [6.07, 6.45) is 0. The minimum atomic E-state index is -0.705. The molecule has 0 aliphatic carbocycles. The number of halogens is 1. The van der Waals surface area contributed by atoms with Crippen LogP contribution in [0, 0.1) is 11.3 Å². The Hall–Kier alpha value is -2.99. The van der Waals surface area contributed by atoms with E-state index in [0.717, 1.165) is 4.57 Å². The molecule has 0 radical (unpaired) electrons. The number of aromatic nitrogens is 2. The van der Waals surface area contributed by atoms with Gasteiger partial charge in [0.05, 0.1) is 34.7 Å². The van der Waals surface area contributed by atoms with Crippen molar-refractivity contribution >= 4 is 21.7 Å². The highest BCUT2D eigenvalue weighted by Gasteiger charge is 2.34. The van der Waals surface area contributed by atoms with Crippen LogP contribution in [0.4, 0.5) is 5.82 Å². The van der Waals surface area contributed by atoms with Gasteiger partial charge in [-0.25, -0.2) is 4.79 Å². The Morgan fingerprint density at radius 1 is 1.31 bits per heavy atom. The molecule has 0 saturated carbocycles. The molecule has 1 aliphatic rings. The van der Waals surface area contributed by atoms with E-state index in [-0.39, 0.29) is 22.8 Å². The Morgan fingerprint density at radius 2 is 2.00 bits per heavy atom. The Labute approximate surface area is 157 Å². The quantitative estimate of drug-likeness (QED) is 0.755. The first kappa shape index (κ1) is 17.8. The molecular formula is C17H16BrN5O3. The minimum absolute atomic E-state index is 0.111. The van der Waals surface area contributed by atoms with Crippen LogP contribution in [0.1, 0.15) is 17.0 Å². The molecule has 1 aromatic carbocycles. The summed E-state index contributed by atoms with van der Waals surface area (Å²) in [7, 11) is 4.49. The van der Waals surface area contributed by atoms with Gasteiger partial charge in [-0.05, 0) is 33.6 Å². The van der Waals surface area contributed by atoms with Crippen molar-refractivity contribution in [2.45, 2.75) is 5.92 Å². The lowest BCUT2D eigenvalue weighted by atomic mass is 9.84. The highest BCUT2D eigenvalue weighted by molar-refractivity contribution is 9.10. The fourth-order valence-electron chi connectivity index (χ4n) is 3.10. The van der Waals surface area contributed by atoms with E-state index in [2.05, 4.69) is 27.3 Å². The molecule has 2 aromatic rings. The van der Waals surface area contributed by atoms with Crippen molar-refractivity contribution in [1.29, 1.82) is 5.26 Å². The van der Waals surface area contributed by atoms with Gasteiger partial charge >= 0.3 is 5.69 Å². The van der Waals surface area contributed by atoms with Crippen LogP contribution in [0.3, 0.4) is 0 Å². The predicted octanol–water partition coefficient (Wildman–Crippen LogP) is 1.11. The smallest absolute Gasteiger partial charge is 0.332 e. The number of methoxy groups -OCH3 is 1. The van der Waals surface area contributed by atoms with Gasteiger partial charge in [0.1, 0.15) is 17.4 Å². The van der Waals surface area contributed by atoms with Crippen LogP contribution in [0.15, 0.2) is 43.7 Å². The maximum atomic E-state index is 12.8. The third kappa shape index (κ3) is 2.50. The minimum Gasteiger partial charge on any atom is -0.496 e. The number of rotatable bonds is 2. The molecule has 2 heterocycles. The molecule has 134 valence electrons. The molecule has 1 aromatic heterocycles. The Morgan fingerprint density at radius 3 is 2.58 bits per heavy atom. The molecule has 0 amide bonds. The number of allylic oxidation sites excluding steroid dienone is 1. The van der Waals surface area contributed by atoms with Gasteiger partial charge in [-0.1, -0.05) is 6.07 Å². The van der Waals surface area contributed by atoms with Crippen molar-refractivity contribution in [2.75, 3.05) is 12.4 Å². The summed E-state index contributed by atoms with van der Waals surface area (Å²) in [6.45, 7) is 0. The largest absolute Gasteiger partial charge is 0.496 e. The van der Waals surface area contributed by atoms with Crippen molar-refractivity contribution in [2.24, 2.45) is 19.8 Å². The highest BCUT2D eigenvalue weighted by Crippen LogP contribution is 2.40. The second-order valence-electron chi connectivity index (χ2n) is 5.86. The number of benzene rings is 1. The van der Waals surface area contributed by atoms with Gasteiger partial charge < -0.3 is 15.8 Å². The van der Waals surface area contributed by atoms with E-state index < -0.39 is 17.2 Å². The van der Waals surface area contributed by atoms with Gasteiger partial charge in [-0.2, -0.15) is 5.26 Å². The lowest BCUT2D eigenvalue weighted by Crippen LogP contribution is -2.43. The van der Waals surface area contributed by atoms with Crippen molar-refractivity contribution in [1.82, 2.24) is 9.13 Å². The van der Waals surface area contributed by atoms with E-state index in [4.69, 9.17) is 10.5 Å². The monoisotopic (exact) mass is 417 g/mol. The fourth-order valence-corrected chi connectivity index (χ4v) is 3.65. The molecule has 1 aliphatic heterocycles. The fraction of sp³-hybridized carbons (Fsp3) is 0.235. The second-order valence-corrected chi connectivity index (χ2v) is 6.71. The number of hydrogen-bond donors (Lipinski definition) is 2. The number of ether oxygens (including phenoxy) is 1. The molecular weight excluding hydrogens is 402 g/mol. The summed E-state index contributed by atoms with van der Waals surface area (Å²) in [5.74, 6) is 0.308. The topological polar surface area (TPSA) is 115 Å². The molecule has 0 bridgehead atoms. The number of fused-ring (bicyclic) bond motifs is 1. The average molecular weight is 418 g/mol. The first-order valence-corrected chi connectivity index (χ1v) is 8.41. The SMILES string of the molecule is COc1ccc([C@@H]2C(C#N)=C(N)Nc3c2c(=O)n(C)c(=O)n3C)cc1Br. The molecule has 3 N–H and O–H groups in total. The molecule has 8 nitrogen and oxygen atoms in total. The van der Waals surface area contributed by atoms with Gasteiger partial charge in [0.25, 0.3) is 5.56 Å². The van der Waals surface area contributed by atoms with Crippen molar-refractivity contribution in [3.05, 3.63) is 66.0 Å². The Bertz CT molecular complexity index is 1110. The zero-order valence-corrected chi connectivity index (χ0v) is 15.9. The molecule has 1 atom stereocenters. The molecule has 26 heavy (non-hydrogen) atoms. The van der Waals surface area contributed by atoms with E-state index in [1.807, 2.05) is 0 Å². The number of hydrogen-bond acceptors (Lipinski definition) is 6. The van der Waals surface area contributed by atoms with E-state index in [9.17, 15) is 14.9 Å². The van der Waals surface area contributed by atoms with Crippen LogP contribution in [0.2, 0.25) is 0 Å². The zero-order valence-electron chi connectivity index (χ0n) is 14.3. The summed E-state index contributed by atoms with van der Waals surface area (Å²) in [4.78, 5) is 25.1. The molecule has 3 rings (SSSR count). The molecule has 0 saturated heterocycles. The van der Waals surface area contributed by atoms with Crippen LogP contribution in [-0.4, -0.2) is 16.2 Å². The Kier molecular flexibility index (Phi) is 4.38. The number of nitrogens with zero attached hydrogens (tertiary/aromatic N) is 3. The highest BCUT2D eigenvalue weighted by atomic mass is 79.9. The van der Waals surface area contributed by atoms with Gasteiger partial charge in [-0.3, -0.25) is 13.9 Å². The number of nitrogens with one attached hydrogen (secondary N) is 1. The molecule has 0 fully saturated rings. The van der Waals surface area contributed by atoms with Crippen LogP contribution < -0.4 is 27.0 Å². The van der Waals surface area contributed by atoms with Crippen molar-refractivity contribution < 1.29 is 4.74 Å². The lowest BCUT2D eigenvalue weighted by Gasteiger charge is -2.28. The number of nitrogens with two attached hydrogens (primary N) is 1. The van der Waals surface area contributed by atoms with E-state index in [1.54, 1.807) is 32.4 Å². The third-order valence-corrected chi connectivity index (χ3v) is 5.07. The summed E-state index contributed by atoms with van der Waals surface area (Å²) in [5.41, 5.74) is 6.24.